The minimum atomic E-state index is -0.372. The average molecular weight is 883 g/mol. The van der Waals surface area contributed by atoms with E-state index in [1.165, 1.54) is 22.8 Å². The number of pyridine rings is 2. The van der Waals surface area contributed by atoms with Gasteiger partial charge in [-0.1, -0.05) is 157 Å². The lowest BCUT2D eigenvalue weighted by Gasteiger charge is -2.41. The number of nitrogens with zero attached hydrogens (tertiary/aromatic N) is 8. The second-order valence-corrected chi connectivity index (χ2v) is 17.5. The summed E-state index contributed by atoms with van der Waals surface area (Å²) in [7, 11) is 0. The molecule has 0 aliphatic carbocycles. The van der Waals surface area contributed by atoms with Crippen molar-refractivity contribution >= 4 is 82.7 Å². The van der Waals surface area contributed by atoms with Gasteiger partial charge in [-0.3, -0.25) is 9.47 Å². The summed E-state index contributed by atoms with van der Waals surface area (Å²) in [6, 6.07) is 59.7. The molecule has 8 nitrogen and oxygen atoms in total. The van der Waals surface area contributed by atoms with Gasteiger partial charge >= 0.3 is 0 Å². The summed E-state index contributed by atoms with van der Waals surface area (Å²) >= 11 is 0. The monoisotopic (exact) mass is 882 g/mol. The fourth-order valence-electron chi connectivity index (χ4n) is 9.81. The first kappa shape index (κ1) is 42.3. The third-order valence-electron chi connectivity index (χ3n) is 12.9. The Morgan fingerprint density at radius 3 is 1.57 bits per heavy atom. The number of fused-ring (bicyclic) bond motifs is 9. The molecule has 0 atom stereocenters. The maximum atomic E-state index is 5.49. The van der Waals surface area contributed by atoms with E-state index in [0.29, 0.717) is 23.2 Å². The number of benzene rings is 7. The van der Waals surface area contributed by atoms with Crippen LogP contribution in [0.3, 0.4) is 0 Å². The van der Waals surface area contributed by atoms with E-state index in [0.717, 1.165) is 82.8 Å². The first-order valence-corrected chi connectivity index (χ1v) is 23.6. The highest BCUT2D eigenvalue weighted by molar-refractivity contribution is 6.11. The first-order chi connectivity index (χ1) is 33.4. The molecule has 0 radical (unpaired) electrons. The fraction of sp³-hybridized carbons (Fsp3) is 0.133. The SMILES string of the molecule is CC.CC1(C)c2ccccc2N(c2nc(-c3ccc4ccccc4c3)c3cccnc3n2)c2cc3c(cc21)c1ccccc1n3-c1nc(-c2ccc3ccccc3c2)c2cccnc2n1.CCC. The van der Waals surface area contributed by atoms with Crippen molar-refractivity contribution in [2.24, 2.45) is 0 Å². The highest BCUT2D eigenvalue weighted by Gasteiger charge is 2.39. The van der Waals surface area contributed by atoms with Crippen LogP contribution in [0.15, 0.2) is 182 Å². The molecular formula is C60H50N8. The van der Waals surface area contributed by atoms with E-state index in [2.05, 4.69) is 195 Å². The predicted molar refractivity (Wildman–Crippen MR) is 283 cm³/mol. The van der Waals surface area contributed by atoms with Crippen molar-refractivity contribution in [2.75, 3.05) is 4.90 Å². The van der Waals surface area contributed by atoms with Crippen molar-refractivity contribution in [3.05, 3.63) is 193 Å². The van der Waals surface area contributed by atoms with Gasteiger partial charge in [-0.25, -0.2) is 19.9 Å². The molecule has 330 valence electrons. The molecule has 1 aliphatic heterocycles. The molecule has 0 unspecified atom stereocenters. The van der Waals surface area contributed by atoms with E-state index in [1.54, 1.807) is 12.4 Å². The van der Waals surface area contributed by atoms with Crippen LogP contribution in [-0.4, -0.2) is 34.5 Å². The van der Waals surface area contributed by atoms with Gasteiger partial charge in [0.05, 0.1) is 33.8 Å². The van der Waals surface area contributed by atoms with Gasteiger partial charge in [0.25, 0.3) is 0 Å². The van der Waals surface area contributed by atoms with Crippen molar-refractivity contribution in [1.82, 2.24) is 34.5 Å². The lowest BCUT2D eigenvalue weighted by molar-refractivity contribution is 0.632. The molecule has 6 heterocycles. The highest BCUT2D eigenvalue weighted by Crippen LogP contribution is 2.53. The molecule has 0 fully saturated rings. The Morgan fingerprint density at radius 2 is 0.941 bits per heavy atom. The van der Waals surface area contributed by atoms with Crippen molar-refractivity contribution < 1.29 is 0 Å². The third kappa shape index (κ3) is 6.91. The van der Waals surface area contributed by atoms with Crippen LogP contribution in [0.25, 0.3) is 93.9 Å². The standard InChI is InChI=1S/C55H36N8.C3H8.C2H6/c1-55(2)43-20-8-10-22-46(43)63(54-59-50(41-19-12-28-57-52(41)61-54)38-26-24-34-14-4-6-16-36(34)30-38)48-32-47-42(31-44(48)55)39-17-7-9-21-45(39)62(47)53-58-49(40-18-11-27-56-51(40)60-53)37-25-23-33-13-3-5-15-35(33)29-37;1-3-2;1-2/h3-32H,1-2H3;3H2,1-2H3;1-2H3. The van der Waals surface area contributed by atoms with Gasteiger partial charge in [0.2, 0.25) is 11.9 Å². The van der Waals surface area contributed by atoms with E-state index in [-0.39, 0.29) is 5.41 Å². The minimum absolute atomic E-state index is 0.372. The second kappa shape index (κ2) is 17.1. The van der Waals surface area contributed by atoms with Gasteiger partial charge in [-0.2, -0.15) is 9.97 Å². The highest BCUT2D eigenvalue weighted by atomic mass is 15.3. The number of rotatable bonds is 4. The summed E-state index contributed by atoms with van der Waals surface area (Å²) in [5.74, 6) is 1.09. The van der Waals surface area contributed by atoms with Gasteiger partial charge in [0.1, 0.15) is 0 Å². The van der Waals surface area contributed by atoms with E-state index >= 15 is 0 Å². The molecule has 7 aromatic carbocycles. The van der Waals surface area contributed by atoms with E-state index in [1.807, 2.05) is 26.0 Å². The molecule has 0 saturated carbocycles. The van der Waals surface area contributed by atoms with Crippen molar-refractivity contribution in [3.8, 4) is 28.5 Å². The summed E-state index contributed by atoms with van der Waals surface area (Å²) in [5.41, 5.74) is 10.8. The molecule has 1 aliphatic rings. The van der Waals surface area contributed by atoms with Crippen molar-refractivity contribution in [3.63, 3.8) is 0 Å². The molecule has 8 heteroatoms. The smallest absolute Gasteiger partial charge is 0.237 e. The van der Waals surface area contributed by atoms with Crippen LogP contribution >= 0.6 is 0 Å². The van der Waals surface area contributed by atoms with Crippen LogP contribution in [0, 0.1) is 0 Å². The second-order valence-electron chi connectivity index (χ2n) is 17.5. The Bertz CT molecular complexity index is 3890. The number of anilines is 3. The van der Waals surface area contributed by atoms with Crippen molar-refractivity contribution in [1.29, 1.82) is 0 Å². The zero-order valence-corrected chi connectivity index (χ0v) is 39.1. The number of para-hydroxylation sites is 2. The Labute approximate surface area is 395 Å². The summed E-state index contributed by atoms with van der Waals surface area (Å²) in [5, 5.41) is 8.64. The molecular weight excluding hydrogens is 833 g/mol. The molecule has 12 aromatic rings. The molecule has 13 rings (SSSR count). The lowest BCUT2D eigenvalue weighted by atomic mass is 9.73. The zero-order valence-electron chi connectivity index (χ0n) is 39.1. The van der Waals surface area contributed by atoms with E-state index in [4.69, 9.17) is 29.9 Å². The van der Waals surface area contributed by atoms with Gasteiger partial charge in [0.15, 0.2) is 11.3 Å². The summed E-state index contributed by atoms with van der Waals surface area (Å²) < 4.78 is 2.19. The molecule has 0 N–H and O–H groups in total. The topological polar surface area (TPSA) is 85.5 Å². The normalized spacial score (nSPS) is 12.7. The van der Waals surface area contributed by atoms with Crippen LogP contribution in [0.5, 0.6) is 0 Å². The molecule has 0 bridgehead atoms. The molecule has 68 heavy (non-hydrogen) atoms. The van der Waals surface area contributed by atoms with E-state index in [9.17, 15) is 0 Å². The quantitative estimate of drug-likeness (QED) is 0.174. The Hall–Kier alpha value is -8.36. The van der Waals surface area contributed by atoms with Gasteiger partial charge in [0, 0.05) is 50.5 Å². The van der Waals surface area contributed by atoms with Gasteiger partial charge in [-0.15, -0.1) is 0 Å². The minimum Gasteiger partial charge on any atom is -0.278 e. The van der Waals surface area contributed by atoms with Crippen LogP contribution in [-0.2, 0) is 5.41 Å². The summed E-state index contributed by atoms with van der Waals surface area (Å²) in [6.45, 7) is 12.9. The van der Waals surface area contributed by atoms with Crippen LogP contribution in [0.1, 0.15) is 59.1 Å². The number of aromatic nitrogens is 7. The maximum absolute atomic E-state index is 5.49. The largest absolute Gasteiger partial charge is 0.278 e. The maximum Gasteiger partial charge on any atom is 0.237 e. The molecule has 0 saturated heterocycles. The molecule has 5 aromatic heterocycles. The first-order valence-electron chi connectivity index (χ1n) is 23.6. The molecule has 0 spiro atoms. The summed E-state index contributed by atoms with van der Waals surface area (Å²) in [6.07, 6.45) is 4.85. The van der Waals surface area contributed by atoms with Crippen LogP contribution < -0.4 is 4.90 Å². The summed E-state index contributed by atoms with van der Waals surface area (Å²) in [4.78, 5) is 33.3. The van der Waals surface area contributed by atoms with Gasteiger partial charge < -0.3 is 0 Å². The van der Waals surface area contributed by atoms with E-state index < -0.39 is 0 Å². The average Bonchev–Trinajstić information content (AvgIpc) is 3.71. The Balaban J connectivity index is 0.000000978. The Kier molecular flexibility index (Phi) is 10.7. The van der Waals surface area contributed by atoms with Crippen LogP contribution in [0.4, 0.5) is 17.3 Å². The fourth-order valence-corrected chi connectivity index (χ4v) is 9.81. The van der Waals surface area contributed by atoms with Crippen LogP contribution in [0.2, 0.25) is 0 Å². The molecule has 0 amide bonds. The van der Waals surface area contributed by atoms with Gasteiger partial charge in [-0.05, 0) is 93.3 Å². The zero-order chi connectivity index (χ0) is 46.5. The number of hydrogen-bond donors (Lipinski definition) is 0. The lowest BCUT2D eigenvalue weighted by Crippen LogP contribution is -2.31. The third-order valence-corrected chi connectivity index (χ3v) is 12.9. The number of hydrogen-bond acceptors (Lipinski definition) is 7. The predicted octanol–water partition coefficient (Wildman–Crippen LogP) is 15.7. The Morgan fingerprint density at radius 1 is 0.426 bits per heavy atom. The van der Waals surface area contributed by atoms with Crippen molar-refractivity contribution in [2.45, 2.75) is 53.4 Å².